The molecule has 3 N–H and O–H groups in total. The Kier molecular flexibility index (Phi) is 7.30. The zero-order chi connectivity index (χ0) is 24.2. The molecular weight excluding hydrogens is 423 g/mol. The summed E-state index contributed by atoms with van der Waals surface area (Å²) in [6.45, 7) is 10.2. The molecule has 5 heteroatoms. The van der Waals surface area contributed by atoms with E-state index < -0.39 is 5.95 Å². The molecule has 0 spiro atoms. The summed E-state index contributed by atoms with van der Waals surface area (Å²) in [5.74, 6) is 1.66. The Morgan fingerprint density at radius 1 is 1.18 bits per heavy atom. The molecule has 4 nitrogen and oxygen atoms in total. The van der Waals surface area contributed by atoms with Crippen molar-refractivity contribution >= 4 is 23.3 Å². The summed E-state index contributed by atoms with van der Waals surface area (Å²) in [6.07, 6.45) is 13.3. The molecule has 1 aromatic rings. The molecule has 5 rings (SSSR count). The summed E-state index contributed by atoms with van der Waals surface area (Å²) in [7, 11) is 0. The summed E-state index contributed by atoms with van der Waals surface area (Å²) in [4.78, 5) is 9.16. The average Bonchev–Trinajstić information content (AvgIpc) is 2.79. The van der Waals surface area contributed by atoms with Gasteiger partial charge in [-0.1, -0.05) is 43.7 Å². The van der Waals surface area contributed by atoms with Crippen LogP contribution in [0.5, 0.6) is 0 Å². The van der Waals surface area contributed by atoms with Gasteiger partial charge in [0.15, 0.2) is 0 Å². The van der Waals surface area contributed by atoms with E-state index in [0.29, 0.717) is 17.7 Å². The van der Waals surface area contributed by atoms with Crippen molar-refractivity contribution in [1.29, 1.82) is 0 Å². The molecule has 34 heavy (non-hydrogen) atoms. The highest BCUT2D eigenvalue weighted by atomic mass is 19.1. The maximum absolute atomic E-state index is 14.0. The van der Waals surface area contributed by atoms with Crippen LogP contribution in [0.2, 0.25) is 0 Å². The predicted octanol–water partition coefficient (Wildman–Crippen LogP) is 6.91. The van der Waals surface area contributed by atoms with Crippen molar-refractivity contribution in [1.82, 2.24) is 5.32 Å². The third-order valence-electron chi connectivity index (χ3n) is 7.19. The Bertz CT molecular complexity index is 1140. The van der Waals surface area contributed by atoms with Crippen molar-refractivity contribution in [2.24, 2.45) is 21.8 Å². The van der Waals surface area contributed by atoms with Crippen LogP contribution in [0.15, 0.2) is 87.4 Å². The fraction of sp³-hybridized carbons (Fsp3) is 0.379. The van der Waals surface area contributed by atoms with E-state index in [1.54, 1.807) is 0 Å². The quantitative estimate of drug-likeness (QED) is 0.218. The number of nitrogens with two attached hydrogens (primary N) is 1. The number of nitrogen functional groups attached to an aromatic ring is 1. The summed E-state index contributed by atoms with van der Waals surface area (Å²) in [6, 6.07) is 8.16. The number of benzene rings is 1. The first kappa shape index (κ1) is 23.9. The zero-order valence-electron chi connectivity index (χ0n) is 20.4. The van der Waals surface area contributed by atoms with Gasteiger partial charge >= 0.3 is 0 Å². The van der Waals surface area contributed by atoms with Gasteiger partial charge in [-0.2, -0.15) is 4.39 Å². The van der Waals surface area contributed by atoms with E-state index in [0.717, 1.165) is 51.7 Å². The number of aliphatic imine (C=N–C) groups is 2. The monoisotopic (exact) mass is 458 g/mol. The smallest absolute Gasteiger partial charge is 0.213 e. The first-order valence-electron chi connectivity index (χ1n) is 12.2. The molecule has 4 aliphatic rings. The Morgan fingerprint density at radius 2 is 1.91 bits per heavy atom. The molecule has 2 bridgehead atoms. The van der Waals surface area contributed by atoms with Crippen molar-refractivity contribution in [3.8, 4) is 0 Å². The van der Waals surface area contributed by atoms with E-state index >= 15 is 0 Å². The number of halogens is 1. The molecule has 1 atom stereocenters. The van der Waals surface area contributed by atoms with E-state index in [-0.39, 0.29) is 0 Å². The van der Waals surface area contributed by atoms with Crippen LogP contribution in [0.3, 0.4) is 0 Å². The third-order valence-corrected chi connectivity index (χ3v) is 7.19. The Morgan fingerprint density at radius 3 is 2.59 bits per heavy atom. The Balaban J connectivity index is 1.67. The minimum Gasteiger partial charge on any atom is -0.398 e. The summed E-state index contributed by atoms with van der Waals surface area (Å²) in [5, 5.41) is 3.44. The highest BCUT2D eigenvalue weighted by molar-refractivity contribution is 6.02. The van der Waals surface area contributed by atoms with Crippen LogP contribution in [0.25, 0.3) is 5.57 Å². The summed E-state index contributed by atoms with van der Waals surface area (Å²) < 4.78 is 14.0. The van der Waals surface area contributed by atoms with Crippen LogP contribution in [0.4, 0.5) is 10.1 Å². The van der Waals surface area contributed by atoms with Gasteiger partial charge in [0.05, 0.1) is 6.04 Å². The zero-order valence-corrected chi connectivity index (χ0v) is 20.4. The normalized spacial score (nSPS) is 31.6. The number of nitrogens with zero attached hydrogens (tertiary/aromatic N) is 2. The molecule has 3 fully saturated rings. The molecule has 0 amide bonds. The van der Waals surface area contributed by atoms with Crippen molar-refractivity contribution in [2.45, 2.75) is 58.9 Å². The maximum atomic E-state index is 14.0. The summed E-state index contributed by atoms with van der Waals surface area (Å²) >= 11 is 0. The largest absolute Gasteiger partial charge is 0.398 e. The lowest BCUT2D eigenvalue weighted by molar-refractivity contribution is 0.148. The lowest BCUT2D eigenvalue weighted by Crippen LogP contribution is -2.36. The van der Waals surface area contributed by atoms with Crippen molar-refractivity contribution < 1.29 is 4.39 Å². The predicted molar refractivity (Wildman–Crippen MR) is 142 cm³/mol. The standard InChI is InChI=1S/C29H35FN4/c1-18-13-19(2)25(17-32-28(30)14-18)21(4)33-29(15-20(3)24-7-5-6-8-26(24)31)34-27-16-22-9-11-23(27)12-10-22/h5-8,13-15,17,22-23,27H,4,9-12,16,31H2,1-3H3,(H,33,34)/b18-13-,18-14?,19-13?,20-15+,25-17?,25-19-,28-14-,32-17+,32-28?. The van der Waals surface area contributed by atoms with Crippen LogP contribution < -0.4 is 11.1 Å². The number of amidine groups is 1. The minimum atomic E-state index is -0.519. The van der Waals surface area contributed by atoms with Gasteiger partial charge in [-0.05, 0) is 86.8 Å². The van der Waals surface area contributed by atoms with E-state index in [1.807, 2.05) is 51.1 Å². The highest BCUT2D eigenvalue weighted by Gasteiger charge is 2.35. The lowest BCUT2D eigenvalue weighted by atomic mass is 9.68. The molecule has 1 unspecified atom stereocenters. The number of anilines is 1. The van der Waals surface area contributed by atoms with E-state index in [1.165, 1.54) is 38.0 Å². The first-order valence-corrected chi connectivity index (χ1v) is 12.2. The third kappa shape index (κ3) is 5.64. The molecule has 1 heterocycles. The second-order valence-electron chi connectivity index (χ2n) is 9.83. The maximum Gasteiger partial charge on any atom is 0.213 e. The van der Waals surface area contributed by atoms with Gasteiger partial charge < -0.3 is 11.1 Å². The highest BCUT2D eigenvalue weighted by Crippen LogP contribution is 2.42. The lowest BCUT2D eigenvalue weighted by Gasteiger charge is -2.40. The van der Waals surface area contributed by atoms with Gasteiger partial charge in [0.1, 0.15) is 5.84 Å². The first-order chi connectivity index (χ1) is 16.3. The van der Waals surface area contributed by atoms with Gasteiger partial charge in [0, 0.05) is 28.7 Å². The van der Waals surface area contributed by atoms with Gasteiger partial charge in [-0.3, -0.25) is 4.99 Å². The minimum absolute atomic E-state index is 0.309. The topological polar surface area (TPSA) is 62.8 Å². The van der Waals surface area contributed by atoms with Gasteiger partial charge in [-0.15, -0.1) is 0 Å². The second-order valence-corrected chi connectivity index (χ2v) is 9.83. The van der Waals surface area contributed by atoms with Crippen molar-refractivity contribution in [3.63, 3.8) is 0 Å². The van der Waals surface area contributed by atoms with E-state index in [4.69, 9.17) is 10.7 Å². The molecular formula is C29H35FN4. The van der Waals surface area contributed by atoms with Crippen molar-refractivity contribution in [2.75, 3.05) is 5.73 Å². The van der Waals surface area contributed by atoms with Gasteiger partial charge in [0.2, 0.25) is 5.95 Å². The van der Waals surface area contributed by atoms with E-state index in [2.05, 4.69) is 23.0 Å². The number of fused-ring (bicyclic) bond motifs is 3. The average molecular weight is 459 g/mol. The molecule has 3 aliphatic carbocycles. The second kappa shape index (κ2) is 10.4. The molecule has 1 aliphatic heterocycles. The molecule has 0 radical (unpaired) electrons. The summed E-state index contributed by atoms with van der Waals surface area (Å²) in [5.41, 5.74) is 12.2. The number of hydrogen-bond donors (Lipinski definition) is 2. The molecule has 3 saturated carbocycles. The number of rotatable bonds is 5. The van der Waals surface area contributed by atoms with Crippen LogP contribution in [0.1, 0.15) is 58.4 Å². The Hall–Kier alpha value is -3.21. The molecule has 0 aromatic heterocycles. The fourth-order valence-electron chi connectivity index (χ4n) is 5.38. The Labute approximate surface area is 202 Å². The van der Waals surface area contributed by atoms with Crippen LogP contribution in [-0.2, 0) is 0 Å². The fourth-order valence-corrected chi connectivity index (χ4v) is 5.38. The number of para-hydroxylation sites is 1. The van der Waals surface area contributed by atoms with Crippen LogP contribution >= 0.6 is 0 Å². The molecule has 1 aromatic carbocycles. The van der Waals surface area contributed by atoms with Crippen LogP contribution in [0, 0.1) is 11.8 Å². The van der Waals surface area contributed by atoms with Crippen molar-refractivity contribution in [3.05, 3.63) is 83.0 Å². The number of nitrogens with one attached hydrogen (secondary N) is 1. The molecule has 0 saturated heterocycles. The number of hydrogen-bond acceptors (Lipinski definition) is 3. The number of allylic oxidation sites excluding steroid dienone is 6. The van der Waals surface area contributed by atoms with Gasteiger partial charge in [0.25, 0.3) is 0 Å². The SMILES string of the molecule is C=C(NC(/C=C(\C)c1ccccc1N)=NC1CC2CCC1CC2)C1=C(C)\C=C(C)/C=C(F)\N=C\1. The van der Waals surface area contributed by atoms with E-state index in [9.17, 15) is 4.39 Å². The van der Waals surface area contributed by atoms with Crippen LogP contribution in [-0.4, -0.2) is 18.1 Å². The van der Waals surface area contributed by atoms with Gasteiger partial charge in [-0.25, -0.2) is 4.99 Å². The molecule has 178 valence electrons.